The Kier molecular flexibility index (Phi) is 14.4. The summed E-state index contributed by atoms with van der Waals surface area (Å²) in [6.45, 7) is 8.73. The van der Waals surface area contributed by atoms with E-state index in [1.807, 2.05) is 0 Å². The number of carboxylic acids is 2. The summed E-state index contributed by atoms with van der Waals surface area (Å²) in [7, 11) is 0. The van der Waals surface area contributed by atoms with Crippen molar-refractivity contribution >= 4 is 11.9 Å². The van der Waals surface area contributed by atoms with Gasteiger partial charge in [0.1, 0.15) is 0 Å². The van der Waals surface area contributed by atoms with Crippen molar-refractivity contribution in [2.45, 2.75) is 105 Å². The van der Waals surface area contributed by atoms with E-state index >= 15 is 0 Å². The number of aliphatic carboxylic acids is 2. The molecule has 0 aromatic heterocycles. The molecular formula is C22H42O4. The Hall–Kier alpha value is -1.06. The fourth-order valence-electron chi connectivity index (χ4n) is 3.56. The highest BCUT2D eigenvalue weighted by atomic mass is 16.4. The lowest BCUT2D eigenvalue weighted by Crippen LogP contribution is -2.25. The molecule has 154 valence electrons. The van der Waals surface area contributed by atoms with Gasteiger partial charge in [0.05, 0.1) is 5.92 Å². The molecule has 0 fully saturated rings. The Morgan fingerprint density at radius 1 is 0.654 bits per heavy atom. The zero-order valence-electron chi connectivity index (χ0n) is 17.5. The Morgan fingerprint density at radius 2 is 1.15 bits per heavy atom. The van der Waals surface area contributed by atoms with E-state index in [1.165, 1.54) is 0 Å². The quantitative estimate of drug-likeness (QED) is 0.291. The lowest BCUT2D eigenvalue weighted by atomic mass is 9.79. The highest BCUT2D eigenvalue weighted by molar-refractivity contribution is 5.70. The molecule has 2 N–H and O–H groups in total. The number of carbonyl (C=O) groups is 2. The molecule has 0 aromatic rings. The van der Waals surface area contributed by atoms with Gasteiger partial charge in [-0.3, -0.25) is 9.59 Å². The van der Waals surface area contributed by atoms with Gasteiger partial charge in [-0.25, -0.2) is 0 Å². The second-order valence-corrected chi connectivity index (χ2v) is 8.70. The highest BCUT2D eigenvalue weighted by Gasteiger charge is 2.27. The van der Waals surface area contributed by atoms with Crippen molar-refractivity contribution in [2.24, 2.45) is 23.7 Å². The second-order valence-electron chi connectivity index (χ2n) is 8.70. The Balaban J connectivity index is 4.30. The van der Waals surface area contributed by atoms with E-state index in [1.54, 1.807) is 0 Å². The standard InChI is InChI=1S/C22H42O4/c1-17(2)13-15-19(20(22(25)26)16-14-18(3)4)11-9-7-5-6-8-10-12-21(23)24/h17-20H,5-16H2,1-4H3,(H,23,24)(H,25,26). The molecule has 0 amide bonds. The van der Waals surface area contributed by atoms with E-state index in [-0.39, 0.29) is 12.3 Å². The lowest BCUT2D eigenvalue weighted by Gasteiger charge is -2.25. The van der Waals surface area contributed by atoms with Crippen LogP contribution in [0.3, 0.4) is 0 Å². The van der Waals surface area contributed by atoms with Gasteiger partial charge in [0.25, 0.3) is 0 Å². The summed E-state index contributed by atoms with van der Waals surface area (Å²) >= 11 is 0. The molecule has 0 aromatic carbocycles. The molecule has 0 aliphatic rings. The van der Waals surface area contributed by atoms with Crippen molar-refractivity contribution in [3.63, 3.8) is 0 Å². The topological polar surface area (TPSA) is 74.6 Å². The van der Waals surface area contributed by atoms with Gasteiger partial charge in [-0.2, -0.15) is 0 Å². The molecule has 4 heteroatoms. The Morgan fingerprint density at radius 3 is 1.65 bits per heavy atom. The van der Waals surface area contributed by atoms with Crippen LogP contribution in [-0.2, 0) is 9.59 Å². The lowest BCUT2D eigenvalue weighted by molar-refractivity contribution is -0.144. The molecule has 0 aliphatic carbocycles. The van der Waals surface area contributed by atoms with Crippen LogP contribution >= 0.6 is 0 Å². The van der Waals surface area contributed by atoms with Crippen molar-refractivity contribution in [1.82, 2.24) is 0 Å². The van der Waals surface area contributed by atoms with E-state index in [9.17, 15) is 14.7 Å². The second kappa shape index (κ2) is 15.0. The van der Waals surface area contributed by atoms with Crippen LogP contribution in [0, 0.1) is 23.7 Å². The molecule has 0 saturated carbocycles. The average molecular weight is 371 g/mol. The van der Waals surface area contributed by atoms with Crippen molar-refractivity contribution in [2.75, 3.05) is 0 Å². The predicted octanol–water partition coefficient (Wildman–Crippen LogP) is 6.38. The third-order valence-corrected chi connectivity index (χ3v) is 5.27. The van der Waals surface area contributed by atoms with Crippen molar-refractivity contribution in [3.05, 3.63) is 0 Å². The molecule has 0 saturated heterocycles. The summed E-state index contributed by atoms with van der Waals surface area (Å²) in [6, 6.07) is 0. The first kappa shape index (κ1) is 24.9. The molecule has 26 heavy (non-hydrogen) atoms. The minimum Gasteiger partial charge on any atom is -0.481 e. The van der Waals surface area contributed by atoms with E-state index in [4.69, 9.17) is 5.11 Å². The molecule has 4 nitrogen and oxygen atoms in total. The van der Waals surface area contributed by atoms with E-state index in [2.05, 4.69) is 27.7 Å². The molecule has 0 rings (SSSR count). The largest absolute Gasteiger partial charge is 0.481 e. The maximum absolute atomic E-state index is 11.8. The fraction of sp³-hybridized carbons (Fsp3) is 0.909. The Labute approximate surface area is 160 Å². The van der Waals surface area contributed by atoms with Crippen LogP contribution in [0.2, 0.25) is 0 Å². The Bertz CT molecular complexity index is 376. The normalized spacial score (nSPS) is 13.9. The van der Waals surface area contributed by atoms with E-state index in [0.29, 0.717) is 17.8 Å². The van der Waals surface area contributed by atoms with Crippen LogP contribution in [-0.4, -0.2) is 22.2 Å². The summed E-state index contributed by atoms with van der Waals surface area (Å²) in [5.41, 5.74) is 0. The van der Waals surface area contributed by atoms with Gasteiger partial charge in [0, 0.05) is 6.42 Å². The summed E-state index contributed by atoms with van der Waals surface area (Å²) in [6.07, 6.45) is 11.4. The van der Waals surface area contributed by atoms with Crippen LogP contribution in [0.25, 0.3) is 0 Å². The molecule has 2 unspecified atom stereocenters. The highest BCUT2D eigenvalue weighted by Crippen LogP contribution is 2.30. The minimum absolute atomic E-state index is 0.202. The molecule has 2 atom stereocenters. The molecule has 0 radical (unpaired) electrons. The summed E-state index contributed by atoms with van der Waals surface area (Å²) < 4.78 is 0. The summed E-state index contributed by atoms with van der Waals surface area (Å²) in [5.74, 6) is -0.0701. The van der Waals surface area contributed by atoms with Crippen molar-refractivity contribution < 1.29 is 19.8 Å². The maximum Gasteiger partial charge on any atom is 0.306 e. The monoisotopic (exact) mass is 370 g/mol. The van der Waals surface area contributed by atoms with Crippen LogP contribution < -0.4 is 0 Å². The van der Waals surface area contributed by atoms with Gasteiger partial charge in [0.15, 0.2) is 0 Å². The third kappa shape index (κ3) is 14.1. The van der Waals surface area contributed by atoms with Crippen LogP contribution in [0.15, 0.2) is 0 Å². The molecule has 0 heterocycles. The SMILES string of the molecule is CC(C)CCC(CCCCCCCCC(=O)O)C(CCC(C)C)C(=O)O. The average Bonchev–Trinajstić information content (AvgIpc) is 2.53. The van der Waals surface area contributed by atoms with Gasteiger partial charge < -0.3 is 10.2 Å². The fourth-order valence-corrected chi connectivity index (χ4v) is 3.56. The number of hydrogen-bond donors (Lipinski definition) is 2. The zero-order valence-corrected chi connectivity index (χ0v) is 17.5. The van der Waals surface area contributed by atoms with E-state index < -0.39 is 11.9 Å². The minimum atomic E-state index is -0.709. The van der Waals surface area contributed by atoms with Gasteiger partial charge in [0.2, 0.25) is 0 Å². The molecule has 0 spiro atoms. The number of hydrogen-bond acceptors (Lipinski definition) is 2. The first-order valence-corrected chi connectivity index (χ1v) is 10.7. The molecule has 0 bridgehead atoms. The molecular weight excluding hydrogens is 328 g/mol. The smallest absolute Gasteiger partial charge is 0.306 e. The number of unbranched alkanes of at least 4 members (excludes halogenated alkanes) is 5. The first-order chi connectivity index (χ1) is 12.2. The van der Waals surface area contributed by atoms with Gasteiger partial charge in [-0.1, -0.05) is 72.6 Å². The molecule has 0 aliphatic heterocycles. The van der Waals surface area contributed by atoms with Gasteiger partial charge in [-0.15, -0.1) is 0 Å². The number of carboxylic acid groups (broad SMARTS) is 2. The van der Waals surface area contributed by atoms with Crippen LogP contribution in [0.4, 0.5) is 0 Å². The zero-order chi connectivity index (χ0) is 19.9. The summed E-state index contributed by atoms with van der Waals surface area (Å²) in [5, 5.41) is 18.3. The van der Waals surface area contributed by atoms with Crippen molar-refractivity contribution in [3.8, 4) is 0 Å². The van der Waals surface area contributed by atoms with Crippen molar-refractivity contribution in [1.29, 1.82) is 0 Å². The van der Waals surface area contributed by atoms with Gasteiger partial charge in [-0.05, 0) is 43.4 Å². The number of rotatable bonds is 17. The van der Waals surface area contributed by atoms with Crippen LogP contribution in [0.5, 0.6) is 0 Å². The van der Waals surface area contributed by atoms with Crippen LogP contribution in [0.1, 0.15) is 105 Å². The van der Waals surface area contributed by atoms with E-state index in [0.717, 1.165) is 70.6 Å². The maximum atomic E-state index is 11.8. The first-order valence-electron chi connectivity index (χ1n) is 10.7. The predicted molar refractivity (Wildman–Crippen MR) is 107 cm³/mol. The summed E-state index contributed by atoms with van der Waals surface area (Å²) in [4.78, 5) is 22.3. The van der Waals surface area contributed by atoms with Gasteiger partial charge >= 0.3 is 11.9 Å². The third-order valence-electron chi connectivity index (χ3n) is 5.27.